The van der Waals surface area contributed by atoms with Crippen molar-refractivity contribution in [3.05, 3.63) is 34.1 Å². The third-order valence-electron chi connectivity index (χ3n) is 2.27. The van der Waals surface area contributed by atoms with Crippen molar-refractivity contribution in [2.24, 2.45) is 0 Å². The number of halogens is 2. The van der Waals surface area contributed by atoms with Gasteiger partial charge in [0.15, 0.2) is 0 Å². The molecular weight excluding hydrogens is 257 g/mol. The lowest BCUT2D eigenvalue weighted by molar-refractivity contribution is 0.542. The maximum atomic E-state index is 13.0. The maximum absolute atomic E-state index is 13.0. The molecule has 0 radical (unpaired) electrons. The van der Waals surface area contributed by atoms with Gasteiger partial charge < -0.3 is 5.32 Å². The van der Waals surface area contributed by atoms with Crippen molar-refractivity contribution < 1.29 is 4.39 Å². The first-order chi connectivity index (χ1) is 7.13. The molecule has 1 rings (SSSR count). The summed E-state index contributed by atoms with van der Waals surface area (Å²) in [5.74, 6) is -0.201. The van der Waals surface area contributed by atoms with E-state index >= 15 is 0 Å². The molecule has 0 aliphatic heterocycles. The lowest BCUT2D eigenvalue weighted by Gasteiger charge is -2.13. The van der Waals surface area contributed by atoms with Gasteiger partial charge in [0.05, 0.1) is 4.47 Å². The van der Waals surface area contributed by atoms with E-state index in [1.54, 1.807) is 0 Å². The van der Waals surface area contributed by atoms with E-state index in [9.17, 15) is 4.39 Å². The Bertz CT molecular complexity index is 314. The summed E-state index contributed by atoms with van der Waals surface area (Å²) in [5.41, 5.74) is 1.15. The van der Waals surface area contributed by atoms with Crippen LogP contribution in [0.25, 0.3) is 0 Å². The van der Waals surface area contributed by atoms with Gasteiger partial charge in [-0.05, 0) is 59.9 Å². The van der Waals surface area contributed by atoms with Crippen LogP contribution in [0.3, 0.4) is 0 Å². The summed E-state index contributed by atoms with van der Waals surface area (Å²) in [4.78, 5) is 0. The van der Waals surface area contributed by atoms with E-state index < -0.39 is 0 Å². The molecule has 0 saturated carbocycles. The van der Waals surface area contributed by atoms with Gasteiger partial charge in [0, 0.05) is 6.04 Å². The second-order valence-corrected chi connectivity index (χ2v) is 4.66. The smallest absolute Gasteiger partial charge is 0.137 e. The highest BCUT2D eigenvalue weighted by Crippen LogP contribution is 2.17. The molecule has 1 aromatic carbocycles. The number of nitrogens with one attached hydrogen (secondary N) is 1. The molecule has 15 heavy (non-hydrogen) atoms. The van der Waals surface area contributed by atoms with Crippen LogP contribution in [-0.4, -0.2) is 12.6 Å². The van der Waals surface area contributed by atoms with Crippen molar-refractivity contribution >= 4 is 15.9 Å². The standard InChI is InChI=1S/C12H17BrFN/c1-3-6-15-9(2)7-10-4-5-12(14)11(13)8-10/h4-5,8-9,15H,3,6-7H2,1-2H3. The summed E-state index contributed by atoms with van der Waals surface area (Å²) in [6, 6.07) is 5.62. The average Bonchev–Trinajstić information content (AvgIpc) is 2.20. The summed E-state index contributed by atoms with van der Waals surface area (Å²) in [6.07, 6.45) is 2.07. The quantitative estimate of drug-likeness (QED) is 0.866. The minimum Gasteiger partial charge on any atom is -0.314 e. The van der Waals surface area contributed by atoms with Gasteiger partial charge in [0.25, 0.3) is 0 Å². The van der Waals surface area contributed by atoms with E-state index in [4.69, 9.17) is 0 Å². The zero-order valence-electron chi connectivity index (χ0n) is 9.19. The Labute approximate surface area is 99.2 Å². The SMILES string of the molecule is CCCNC(C)Cc1ccc(F)c(Br)c1. The molecular formula is C12H17BrFN. The molecule has 0 aromatic heterocycles. The Kier molecular flexibility index (Phi) is 5.26. The molecule has 0 spiro atoms. The van der Waals surface area contributed by atoms with Crippen molar-refractivity contribution in [2.45, 2.75) is 32.7 Å². The summed E-state index contributed by atoms with van der Waals surface area (Å²) in [6.45, 7) is 5.32. The van der Waals surface area contributed by atoms with Gasteiger partial charge in [-0.15, -0.1) is 0 Å². The fourth-order valence-electron chi connectivity index (χ4n) is 1.48. The highest BCUT2D eigenvalue weighted by atomic mass is 79.9. The first-order valence-electron chi connectivity index (χ1n) is 5.30. The van der Waals surface area contributed by atoms with Crippen LogP contribution in [0.2, 0.25) is 0 Å². The average molecular weight is 274 g/mol. The van der Waals surface area contributed by atoms with E-state index in [0.717, 1.165) is 24.9 Å². The van der Waals surface area contributed by atoms with Gasteiger partial charge in [0.2, 0.25) is 0 Å². The highest BCUT2D eigenvalue weighted by molar-refractivity contribution is 9.10. The first kappa shape index (κ1) is 12.7. The third kappa shape index (κ3) is 4.31. The molecule has 0 bridgehead atoms. The van der Waals surface area contributed by atoms with Crippen LogP contribution in [0, 0.1) is 5.82 Å². The van der Waals surface area contributed by atoms with E-state index in [1.807, 2.05) is 12.1 Å². The van der Waals surface area contributed by atoms with Crippen LogP contribution in [0.5, 0.6) is 0 Å². The van der Waals surface area contributed by atoms with E-state index in [0.29, 0.717) is 10.5 Å². The van der Waals surface area contributed by atoms with Gasteiger partial charge in [-0.3, -0.25) is 0 Å². The molecule has 84 valence electrons. The fourth-order valence-corrected chi connectivity index (χ4v) is 1.91. The van der Waals surface area contributed by atoms with Crippen LogP contribution < -0.4 is 5.32 Å². The van der Waals surface area contributed by atoms with Gasteiger partial charge in [-0.25, -0.2) is 4.39 Å². The number of hydrogen-bond donors (Lipinski definition) is 1. The molecule has 1 N–H and O–H groups in total. The summed E-state index contributed by atoms with van der Waals surface area (Å²) >= 11 is 3.19. The molecule has 0 amide bonds. The fraction of sp³-hybridized carbons (Fsp3) is 0.500. The van der Waals surface area contributed by atoms with Crippen LogP contribution in [0.1, 0.15) is 25.8 Å². The largest absolute Gasteiger partial charge is 0.314 e. The van der Waals surface area contributed by atoms with E-state index in [1.165, 1.54) is 6.07 Å². The monoisotopic (exact) mass is 273 g/mol. The molecule has 0 aliphatic rings. The first-order valence-corrected chi connectivity index (χ1v) is 6.10. The van der Waals surface area contributed by atoms with Crippen LogP contribution in [-0.2, 0) is 6.42 Å². The van der Waals surface area contributed by atoms with Gasteiger partial charge >= 0.3 is 0 Å². The highest BCUT2D eigenvalue weighted by Gasteiger charge is 2.04. The van der Waals surface area contributed by atoms with Crippen LogP contribution in [0.15, 0.2) is 22.7 Å². The Morgan fingerprint density at radius 3 is 2.80 bits per heavy atom. The summed E-state index contributed by atoms with van der Waals surface area (Å²) in [5, 5.41) is 3.41. The number of hydrogen-bond acceptors (Lipinski definition) is 1. The second-order valence-electron chi connectivity index (χ2n) is 3.81. The van der Waals surface area contributed by atoms with Crippen LogP contribution >= 0.6 is 15.9 Å². The molecule has 0 heterocycles. The molecule has 0 saturated heterocycles. The second kappa shape index (κ2) is 6.23. The predicted molar refractivity (Wildman–Crippen MR) is 65.6 cm³/mol. The Morgan fingerprint density at radius 2 is 2.20 bits per heavy atom. The molecule has 1 unspecified atom stereocenters. The van der Waals surface area contributed by atoms with Crippen molar-refractivity contribution in [1.82, 2.24) is 5.32 Å². The van der Waals surface area contributed by atoms with E-state index in [2.05, 4.69) is 35.1 Å². The molecule has 0 aliphatic carbocycles. The Hall–Kier alpha value is -0.410. The topological polar surface area (TPSA) is 12.0 Å². The zero-order chi connectivity index (χ0) is 11.3. The van der Waals surface area contributed by atoms with Gasteiger partial charge in [-0.1, -0.05) is 13.0 Å². The maximum Gasteiger partial charge on any atom is 0.137 e. The van der Waals surface area contributed by atoms with Crippen molar-refractivity contribution in [3.63, 3.8) is 0 Å². The van der Waals surface area contributed by atoms with Gasteiger partial charge in [0.1, 0.15) is 5.82 Å². The normalized spacial score (nSPS) is 12.8. The summed E-state index contributed by atoms with van der Waals surface area (Å²) < 4.78 is 13.5. The number of benzene rings is 1. The minimum absolute atomic E-state index is 0.201. The van der Waals surface area contributed by atoms with Crippen molar-refractivity contribution in [1.29, 1.82) is 0 Å². The molecule has 1 aromatic rings. The zero-order valence-corrected chi connectivity index (χ0v) is 10.8. The third-order valence-corrected chi connectivity index (χ3v) is 2.88. The van der Waals surface area contributed by atoms with Crippen LogP contribution in [0.4, 0.5) is 4.39 Å². The van der Waals surface area contributed by atoms with Crippen molar-refractivity contribution in [2.75, 3.05) is 6.54 Å². The Morgan fingerprint density at radius 1 is 1.47 bits per heavy atom. The minimum atomic E-state index is -0.201. The molecule has 3 heteroatoms. The van der Waals surface area contributed by atoms with E-state index in [-0.39, 0.29) is 5.82 Å². The van der Waals surface area contributed by atoms with Gasteiger partial charge in [-0.2, -0.15) is 0 Å². The molecule has 1 atom stereocenters. The molecule has 0 fully saturated rings. The Balaban J connectivity index is 2.53. The summed E-state index contributed by atoms with van der Waals surface area (Å²) in [7, 11) is 0. The molecule has 1 nitrogen and oxygen atoms in total. The predicted octanol–water partition coefficient (Wildman–Crippen LogP) is 3.52. The number of rotatable bonds is 5. The lowest BCUT2D eigenvalue weighted by Crippen LogP contribution is -2.28. The van der Waals surface area contributed by atoms with Crippen molar-refractivity contribution in [3.8, 4) is 0 Å². The lowest BCUT2D eigenvalue weighted by atomic mass is 10.1.